The molecule has 0 aliphatic heterocycles. The Labute approximate surface area is 163 Å². The van der Waals surface area contributed by atoms with E-state index < -0.39 is 10.8 Å². The van der Waals surface area contributed by atoms with E-state index in [-0.39, 0.29) is 11.4 Å². The molecule has 1 heterocycles. The number of nitro groups is 1. The van der Waals surface area contributed by atoms with Gasteiger partial charge in [0, 0.05) is 23.3 Å². The molecule has 0 aliphatic rings. The van der Waals surface area contributed by atoms with Gasteiger partial charge in [-0.3, -0.25) is 20.0 Å². The lowest BCUT2D eigenvalue weighted by atomic mass is 10.1. The van der Waals surface area contributed by atoms with Gasteiger partial charge in [0.05, 0.1) is 26.9 Å². The van der Waals surface area contributed by atoms with Gasteiger partial charge in [-0.1, -0.05) is 41.4 Å². The summed E-state index contributed by atoms with van der Waals surface area (Å²) in [4.78, 5) is 22.5. The third-order valence-corrected chi connectivity index (χ3v) is 4.19. The molecule has 0 saturated carbocycles. The molecule has 0 atom stereocenters. The first kappa shape index (κ1) is 18.6. The molecule has 136 valence electrons. The summed E-state index contributed by atoms with van der Waals surface area (Å²) >= 11 is 12.0. The van der Waals surface area contributed by atoms with Crippen LogP contribution >= 0.6 is 23.2 Å². The van der Waals surface area contributed by atoms with Gasteiger partial charge in [-0.25, -0.2) is 5.43 Å². The first-order valence-electron chi connectivity index (χ1n) is 7.53. The molecule has 2 aromatic carbocycles. The highest BCUT2D eigenvalue weighted by molar-refractivity contribution is 6.38. The molecular weight excluding hydrogens is 393 g/mol. The number of carbonyl (C=O) groups excluding carboxylic acids is 1. The molecule has 1 aromatic heterocycles. The molecule has 0 saturated heterocycles. The van der Waals surface area contributed by atoms with Crippen LogP contribution in [0.25, 0.3) is 11.3 Å². The van der Waals surface area contributed by atoms with Crippen LogP contribution < -0.4 is 5.43 Å². The fraction of sp³-hybridized carbons (Fsp3) is 0. The Hall–Kier alpha value is -3.23. The van der Waals surface area contributed by atoms with Crippen LogP contribution in [0.4, 0.5) is 5.69 Å². The van der Waals surface area contributed by atoms with Crippen molar-refractivity contribution in [2.24, 2.45) is 5.10 Å². The zero-order chi connectivity index (χ0) is 19.4. The van der Waals surface area contributed by atoms with E-state index in [1.807, 2.05) is 0 Å². The average Bonchev–Trinajstić information content (AvgIpc) is 3.14. The molecule has 0 radical (unpaired) electrons. The molecule has 27 heavy (non-hydrogen) atoms. The van der Waals surface area contributed by atoms with Crippen molar-refractivity contribution in [2.75, 3.05) is 0 Å². The lowest BCUT2D eigenvalue weighted by molar-refractivity contribution is -0.384. The van der Waals surface area contributed by atoms with Gasteiger partial charge in [0.1, 0.15) is 5.69 Å². The van der Waals surface area contributed by atoms with E-state index in [4.69, 9.17) is 23.2 Å². The van der Waals surface area contributed by atoms with Crippen LogP contribution in [0.5, 0.6) is 0 Å². The summed E-state index contributed by atoms with van der Waals surface area (Å²) in [5, 5.41) is 22.1. The summed E-state index contributed by atoms with van der Waals surface area (Å²) in [7, 11) is 0. The van der Waals surface area contributed by atoms with E-state index in [1.165, 1.54) is 24.4 Å². The number of nitro benzene ring substituents is 1. The Morgan fingerprint density at radius 3 is 2.59 bits per heavy atom. The minimum absolute atomic E-state index is 0.0669. The number of hydrazone groups is 1. The molecule has 0 spiro atoms. The summed E-state index contributed by atoms with van der Waals surface area (Å²) in [6.45, 7) is 0. The first-order chi connectivity index (χ1) is 13.0. The van der Waals surface area contributed by atoms with Crippen molar-refractivity contribution < 1.29 is 9.72 Å². The monoisotopic (exact) mass is 403 g/mol. The predicted molar refractivity (Wildman–Crippen MR) is 102 cm³/mol. The van der Waals surface area contributed by atoms with Crippen LogP contribution in [0.2, 0.25) is 10.0 Å². The van der Waals surface area contributed by atoms with Crippen LogP contribution in [-0.2, 0) is 0 Å². The minimum Gasteiger partial charge on any atom is -0.272 e. The van der Waals surface area contributed by atoms with Crippen LogP contribution in [0.15, 0.2) is 53.6 Å². The molecule has 0 fully saturated rings. The van der Waals surface area contributed by atoms with Gasteiger partial charge in [-0.05, 0) is 18.2 Å². The van der Waals surface area contributed by atoms with Crippen molar-refractivity contribution in [3.8, 4) is 11.3 Å². The summed E-state index contributed by atoms with van der Waals surface area (Å²) in [5.74, 6) is -0.543. The highest BCUT2D eigenvalue weighted by Crippen LogP contribution is 2.23. The number of hydrogen-bond acceptors (Lipinski definition) is 5. The number of non-ortho nitro benzene ring substituents is 1. The molecule has 0 bridgehead atoms. The number of carbonyl (C=O) groups is 1. The van der Waals surface area contributed by atoms with Crippen molar-refractivity contribution >= 4 is 41.0 Å². The fourth-order valence-corrected chi connectivity index (χ4v) is 2.71. The maximum Gasteiger partial charge on any atom is 0.289 e. The second-order valence-corrected chi connectivity index (χ2v) is 6.12. The number of hydrogen-bond donors (Lipinski definition) is 2. The van der Waals surface area contributed by atoms with Crippen molar-refractivity contribution in [2.45, 2.75) is 0 Å². The van der Waals surface area contributed by atoms with Crippen LogP contribution in [0.1, 0.15) is 16.1 Å². The normalized spacial score (nSPS) is 10.9. The number of aromatic amines is 1. The molecule has 0 unspecified atom stereocenters. The topological polar surface area (TPSA) is 113 Å². The quantitative estimate of drug-likeness (QED) is 0.379. The number of amides is 1. The number of benzene rings is 2. The van der Waals surface area contributed by atoms with Gasteiger partial charge in [-0.2, -0.15) is 10.2 Å². The smallest absolute Gasteiger partial charge is 0.272 e. The maximum absolute atomic E-state index is 12.2. The Balaban J connectivity index is 1.73. The van der Waals surface area contributed by atoms with Crippen molar-refractivity contribution in [3.05, 3.63) is 79.9 Å². The second kappa shape index (κ2) is 7.98. The molecule has 1 amide bonds. The largest absolute Gasteiger partial charge is 0.289 e. The number of halogens is 2. The van der Waals surface area contributed by atoms with E-state index in [0.717, 1.165) is 0 Å². The average molecular weight is 404 g/mol. The number of nitrogens with zero attached hydrogens (tertiary/aromatic N) is 3. The summed E-state index contributed by atoms with van der Waals surface area (Å²) in [5.41, 5.74) is 3.77. The number of rotatable bonds is 5. The maximum atomic E-state index is 12.2. The third kappa shape index (κ3) is 4.30. The van der Waals surface area contributed by atoms with Gasteiger partial charge < -0.3 is 0 Å². The van der Waals surface area contributed by atoms with Crippen molar-refractivity contribution in [3.63, 3.8) is 0 Å². The first-order valence-corrected chi connectivity index (χ1v) is 8.29. The van der Waals surface area contributed by atoms with Gasteiger partial charge in [0.15, 0.2) is 0 Å². The number of H-pyrrole nitrogens is 1. The molecule has 2 N–H and O–H groups in total. The van der Waals surface area contributed by atoms with E-state index >= 15 is 0 Å². The Kier molecular flexibility index (Phi) is 5.49. The van der Waals surface area contributed by atoms with E-state index in [9.17, 15) is 14.9 Å². The number of aromatic nitrogens is 2. The van der Waals surface area contributed by atoms with E-state index in [0.29, 0.717) is 26.9 Å². The molecular formula is C17H11Cl2N5O3. The van der Waals surface area contributed by atoms with E-state index in [2.05, 4.69) is 20.7 Å². The zero-order valence-electron chi connectivity index (χ0n) is 13.5. The zero-order valence-corrected chi connectivity index (χ0v) is 15.0. The minimum atomic E-state index is -0.543. The molecule has 8 nitrogen and oxygen atoms in total. The highest BCUT2D eigenvalue weighted by atomic mass is 35.5. The summed E-state index contributed by atoms with van der Waals surface area (Å²) < 4.78 is 0. The molecule has 3 aromatic rings. The Bertz CT molecular complexity index is 1030. The van der Waals surface area contributed by atoms with Crippen LogP contribution in [0, 0.1) is 10.1 Å². The van der Waals surface area contributed by atoms with Crippen molar-refractivity contribution in [1.29, 1.82) is 0 Å². The summed E-state index contributed by atoms with van der Waals surface area (Å²) in [6, 6.07) is 12.4. The SMILES string of the molecule is O=C(N/N=C/c1c(Cl)cccc1Cl)c1cc(-c2cccc([N+](=O)[O-])c2)n[nH]1. The Morgan fingerprint density at radius 1 is 1.19 bits per heavy atom. The van der Waals surface area contributed by atoms with E-state index in [1.54, 1.807) is 30.3 Å². The fourth-order valence-electron chi connectivity index (χ4n) is 2.21. The second-order valence-electron chi connectivity index (χ2n) is 5.31. The van der Waals surface area contributed by atoms with Crippen LogP contribution in [-0.4, -0.2) is 27.2 Å². The summed E-state index contributed by atoms with van der Waals surface area (Å²) in [6.07, 6.45) is 1.33. The predicted octanol–water partition coefficient (Wildman–Crippen LogP) is 4.06. The molecule has 0 aliphatic carbocycles. The highest BCUT2D eigenvalue weighted by Gasteiger charge is 2.13. The van der Waals surface area contributed by atoms with Gasteiger partial charge in [0.25, 0.3) is 11.6 Å². The molecule has 10 heteroatoms. The molecule has 3 rings (SSSR count). The number of nitrogens with one attached hydrogen (secondary N) is 2. The van der Waals surface area contributed by atoms with Crippen LogP contribution in [0.3, 0.4) is 0 Å². The van der Waals surface area contributed by atoms with Gasteiger partial charge >= 0.3 is 0 Å². The van der Waals surface area contributed by atoms with Gasteiger partial charge in [0.2, 0.25) is 0 Å². The third-order valence-electron chi connectivity index (χ3n) is 3.53. The van der Waals surface area contributed by atoms with Gasteiger partial charge in [-0.15, -0.1) is 0 Å². The lowest BCUT2D eigenvalue weighted by Crippen LogP contribution is -2.18. The standard InChI is InChI=1S/C17H11Cl2N5O3/c18-13-5-2-6-14(19)12(13)9-20-23-17(25)16-8-15(21-22-16)10-3-1-4-11(7-10)24(26)27/h1-9H,(H,21,22)(H,23,25)/b20-9+. The Morgan fingerprint density at radius 2 is 1.89 bits per heavy atom. The lowest BCUT2D eigenvalue weighted by Gasteiger charge is -2.00. The van der Waals surface area contributed by atoms with Crippen molar-refractivity contribution in [1.82, 2.24) is 15.6 Å².